The summed E-state index contributed by atoms with van der Waals surface area (Å²) in [5.41, 5.74) is 1.02. The fourth-order valence-corrected chi connectivity index (χ4v) is 3.51. The van der Waals surface area contributed by atoms with Crippen LogP contribution in [0.15, 0.2) is 53.7 Å². The number of amides is 1. The number of guanidine groups is 1. The Morgan fingerprint density at radius 3 is 2.58 bits per heavy atom. The Kier molecular flexibility index (Phi) is 8.51. The van der Waals surface area contributed by atoms with Gasteiger partial charge in [0.2, 0.25) is 5.91 Å². The summed E-state index contributed by atoms with van der Waals surface area (Å²) in [5.74, 6) is 2.65. The summed E-state index contributed by atoms with van der Waals surface area (Å²) in [6.45, 7) is 6.86. The van der Waals surface area contributed by atoms with Gasteiger partial charge in [-0.1, -0.05) is 24.3 Å². The van der Waals surface area contributed by atoms with Gasteiger partial charge in [-0.05, 0) is 25.1 Å². The van der Waals surface area contributed by atoms with Gasteiger partial charge in [-0.25, -0.2) is 9.98 Å². The van der Waals surface area contributed by atoms with E-state index < -0.39 is 0 Å². The minimum atomic E-state index is 0.161. The number of hydrogen-bond donors (Lipinski definition) is 2. The molecule has 166 valence electrons. The molecule has 3 rings (SSSR count). The second-order valence-electron chi connectivity index (χ2n) is 7.24. The Bertz CT molecular complexity index is 850. The Morgan fingerprint density at radius 2 is 1.87 bits per heavy atom. The summed E-state index contributed by atoms with van der Waals surface area (Å²) < 4.78 is 5.39. The van der Waals surface area contributed by atoms with Gasteiger partial charge in [0.05, 0.1) is 13.7 Å². The normalized spacial score (nSPS) is 14.3. The minimum Gasteiger partial charge on any atom is -0.496 e. The van der Waals surface area contributed by atoms with Crippen molar-refractivity contribution < 1.29 is 9.53 Å². The molecule has 1 aromatic heterocycles. The lowest BCUT2D eigenvalue weighted by Gasteiger charge is -2.35. The Balaban J connectivity index is 1.44. The van der Waals surface area contributed by atoms with E-state index in [1.807, 2.05) is 54.3 Å². The molecule has 1 fully saturated rings. The van der Waals surface area contributed by atoms with Gasteiger partial charge in [0.15, 0.2) is 5.96 Å². The van der Waals surface area contributed by atoms with E-state index in [1.54, 1.807) is 13.3 Å². The third-order valence-corrected chi connectivity index (χ3v) is 5.18. The molecule has 0 radical (unpaired) electrons. The monoisotopic (exact) mass is 424 g/mol. The highest BCUT2D eigenvalue weighted by molar-refractivity contribution is 5.81. The van der Waals surface area contributed by atoms with E-state index >= 15 is 0 Å². The Morgan fingerprint density at radius 1 is 1.10 bits per heavy atom. The number of anilines is 1. The number of hydrogen-bond acceptors (Lipinski definition) is 5. The molecule has 2 aromatic rings. The lowest BCUT2D eigenvalue weighted by atomic mass is 10.2. The number of pyridine rings is 1. The van der Waals surface area contributed by atoms with Crippen molar-refractivity contribution in [3.63, 3.8) is 0 Å². The maximum Gasteiger partial charge on any atom is 0.224 e. The van der Waals surface area contributed by atoms with Crippen LogP contribution in [-0.4, -0.2) is 68.1 Å². The Hall–Kier alpha value is -3.29. The number of carbonyl (C=O) groups is 1. The first-order valence-corrected chi connectivity index (χ1v) is 10.8. The van der Waals surface area contributed by atoms with Crippen LogP contribution >= 0.6 is 0 Å². The molecule has 0 atom stereocenters. The van der Waals surface area contributed by atoms with Crippen molar-refractivity contribution in [2.45, 2.75) is 19.9 Å². The molecular weight excluding hydrogens is 392 g/mol. The molecule has 1 aliphatic heterocycles. The molecule has 2 N–H and O–H groups in total. The zero-order chi connectivity index (χ0) is 21.9. The second kappa shape index (κ2) is 11.8. The summed E-state index contributed by atoms with van der Waals surface area (Å²) in [6.07, 6.45) is 2.23. The third-order valence-electron chi connectivity index (χ3n) is 5.18. The zero-order valence-electron chi connectivity index (χ0n) is 18.4. The van der Waals surface area contributed by atoms with Crippen molar-refractivity contribution in [1.82, 2.24) is 20.5 Å². The van der Waals surface area contributed by atoms with E-state index in [2.05, 4.69) is 25.5 Å². The number of nitrogens with one attached hydrogen (secondary N) is 2. The molecule has 8 heteroatoms. The maximum absolute atomic E-state index is 12.6. The van der Waals surface area contributed by atoms with E-state index in [4.69, 9.17) is 4.74 Å². The quantitative estimate of drug-likeness (QED) is 0.498. The van der Waals surface area contributed by atoms with Gasteiger partial charge in [0.1, 0.15) is 11.6 Å². The van der Waals surface area contributed by atoms with Crippen molar-refractivity contribution in [3.05, 3.63) is 54.2 Å². The fraction of sp³-hybridized carbons (Fsp3) is 0.435. The first-order chi connectivity index (χ1) is 15.2. The van der Waals surface area contributed by atoms with E-state index in [0.717, 1.165) is 49.9 Å². The van der Waals surface area contributed by atoms with Crippen LogP contribution in [0.25, 0.3) is 0 Å². The number of benzene rings is 1. The SMILES string of the molecule is CCNC(=NCc1ccccc1OC)NCCC(=O)N1CCN(c2ccccn2)CC1. The zero-order valence-corrected chi connectivity index (χ0v) is 18.4. The fourth-order valence-electron chi connectivity index (χ4n) is 3.51. The molecule has 0 bridgehead atoms. The highest BCUT2D eigenvalue weighted by atomic mass is 16.5. The van der Waals surface area contributed by atoms with Crippen LogP contribution in [0.4, 0.5) is 5.82 Å². The molecule has 0 unspecified atom stereocenters. The number of nitrogens with zero attached hydrogens (tertiary/aromatic N) is 4. The number of carbonyl (C=O) groups excluding carboxylic acids is 1. The number of methoxy groups -OCH3 is 1. The average Bonchev–Trinajstić information content (AvgIpc) is 2.83. The van der Waals surface area contributed by atoms with Crippen molar-refractivity contribution in [3.8, 4) is 5.75 Å². The summed E-state index contributed by atoms with van der Waals surface area (Å²) in [7, 11) is 1.66. The summed E-state index contributed by atoms with van der Waals surface area (Å²) >= 11 is 0. The molecule has 1 saturated heterocycles. The van der Waals surface area contributed by atoms with Crippen LogP contribution in [0.5, 0.6) is 5.75 Å². The lowest BCUT2D eigenvalue weighted by Crippen LogP contribution is -2.49. The number of para-hydroxylation sites is 1. The van der Waals surface area contributed by atoms with Crippen LogP contribution in [0.2, 0.25) is 0 Å². The third kappa shape index (κ3) is 6.60. The average molecular weight is 425 g/mol. The molecule has 2 heterocycles. The second-order valence-corrected chi connectivity index (χ2v) is 7.24. The van der Waals surface area contributed by atoms with Crippen LogP contribution in [0.3, 0.4) is 0 Å². The van der Waals surface area contributed by atoms with Crippen LogP contribution < -0.4 is 20.3 Å². The van der Waals surface area contributed by atoms with Gasteiger partial charge in [0, 0.05) is 57.4 Å². The van der Waals surface area contributed by atoms with Crippen molar-refractivity contribution in [2.24, 2.45) is 4.99 Å². The summed E-state index contributed by atoms with van der Waals surface area (Å²) in [6, 6.07) is 13.8. The molecule has 31 heavy (non-hydrogen) atoms. The topological polar surface area (TPSA) is 82.1 Å². The highest BCUT2D eigenvalue weighted by Crippen LogP contribution is 2.18. The van der Waals surface area contributed by atoms with Gasteiger partial charge in [0.25, 0.3) is 0 Å². The highest BCUT2D eigenvalue weighted by Gasteiger charge is 2.21. The van der Waals surface area contributed by atoms with E-state index in [1.165, 1.54) is 0 Å². The van der Waals surface area contributed by atoms with Crippen molar-refractivity contribution >= 4 is 17.7 Å². The predicted molar refractivity (Wildman–Crippen MR) is 123 cm³/mol. The lowest BCUT2D eigenvalue weighted by molar-refractivity contribution is -0.131. The largest absolute Gasteiger partial charge is 0.496 e. The molecule has 1 aliphatic rings. The number of aliphatic imine (C=N–C) groups is 1. The summed E-state index contributed by atoms with van der Waals surface area (Å²) in [4.78, 5) is 25.8. The smallest absolute Gasteiger partial charge is 0.224 e. The van der Waals surface area contributed by atoms with Gasteiger partial charge in [-0.2, -0.15) is 0 Å². The number of rotatable bonds is 8. The molecular formula is C23H32N6O2. The van der Waals surface area contributed by atoms with E-state index in [9.17, 15) is 4.79 Å². The van der Waals surface area contributed by atoms with Crippen molar-refractivity contribution in [2.75, 3.05) is 51.3 Å². The van der Waals surface area contributed by atoms with Crippen LogP contribution in [0.1, 0.15) is 18.9 Å². The van der Waals surface area contributed by atoms with Gasteiger partial charge >= 0.3 is 0 Å². The van der Waals surface area contributed by atoms with Gasteiger partial charge in [-0.3, -0.25) is 4.79 Å². The number of aromatic nitrogens is 1. The molecule has 8 nitrogen and oxygen atoms in total. The standard InChI is InChI=1S/C23H32N6O2/c1-3-24-23(27-18-19-8-4-5-9-20(19)31-2)26-13-11-22(30)29-16-14-28(15-17-29)21-10-6-7-12-25-21/h4-10,12H,3,11,13-18H2,1-2H3,(H2,24,26,27). The van der Waals surface area contributed by atoms with Crippen molar-refractivity contribution in [1.29, 1.82) is 0 Å². The first-order valence-electron chi connectivity index (χ1n) is 10.8. The number of ether oxygens (including phenoxy) is 1. The van der Waals surface area contributed by atoms with Crippen LogP contribution in [0, 0.1) is 0 Å². The molecule has 1 aromatic carbocycles. The number of piperazine rings is 1. The predicted octanol–water partition coefficient (Wildman–Crippen LogP) is 1.88. The first kappa shape index (κ1) is 22.4. The van der Waals surface area contributed by atoms with E-state index in [-0.39, 0.29) is 5.91 Å². The van der Waals surface area contributed by atoms with E-state index in [0.29, 0.717) is 25.5 Å². The molecule has 0 saturated carbocycles. The van der Waals surface area contributed by atoms with Gasteiger partial charge in [-0.15, -0.1) is 0 Å². The molecule has 0 spiro atoms. The molecule has 0 aliphatic carbocycles. The minimum absolute atomic E-state index is 0.161. The Labute approximate surface area is 184 Å². The molecule has 1 amide bonds. The van der Waals surface area contributed by atoms with Crippen LogP contribution in [-0.2, 0) is 11.3 Å². The van der Waals surface area contributed by atoms with Gasteiger partial charge < -0.3 is 25.2 Å². The summed E-state index contributed by atoms with van der Waals surface area (Å²) in [5, 5.41) is 6.49. The maximum atomic E-state index is 12.6.